The number of unbranched alkanes of at least 4 members (excludes halogenated alkanes) is 4. The Kier molecular flexibility index (Phi) is 9.14. The van der Waals surface area contributed by atoms with Gasteiger partial charge in [-0.05, 0) is 56.6 Å². The highest BCUT2D eigenvalue weighted by molar-refractivity contribution is 6.07. The molecule has 0 radical (unpaired) electrons. The summed E-state index contributed by atoms with van der Waals surface area (Å²) < 4.78 is 5.92. The zero-order chi connectivity index (χ0) is 30.8. The largest absolute Gasteiger partial charge is 0.481 e. The fourth-order valence-corrected chi connectivity index (χ4v) is 7.57. The van der Waals surface area contributed by atoms with Crippen LogP contribution in [0.5, 0.6) is 0 Å². The van der Waals surface area contributed by atoms with Crippen LogP contribution in [0.15, 0.2) is 28.2 Å². The number of hydrogen-bond donors (Lipinski definition) is 3. The molecule has 4 aliphatic rings. The molecule has 0 spiro atoms. The first-order chi connectivity index (χ1) is 20.6. The number of likely N-dealkylation sites (tertiary alicyclic amines) is 2. The lowest BCUT2D eigenvalue weighted by atomic mass is 9.58. The van der Waals surface area contributed by atoms with E-state index in [4.69, 9.17) is 14.6 Å². The molecule has 0 bridgehead atoms. The molecular weight excluding hydrogens is 560 g/mol. The Morgan fingerprint density at radius 3 is 1.88 bits per heavy atom. The van der Waals surface area contributed by atoms with E-state index >= 15 is 0 Å². The van der Waals surface area contributed by atoms with Crippen LogP contribution in [0.3, 0.4) is 0 Å². The molecule has 43 heavy (non-hydrogen) atoms. The van der Waals surface area contributed by atoms with Gasteiger partial charge in [0, 0.05) is 25.9 Å². The van der Waals surface area contributed by atoms with Crippen molar-refractivity contribution in [3.05, 3.63) is 35.3 Å². The second kappa shape index (κ2) is 12.8. The topological polar surface area (TPSA) is 183 Å². The van der Waals surface area contributed by atoms with Crippen molar-refractivity contribution < 1.29 is 48.5 Å². The molecule has 1 aromatic rings. The summed E-state index contributed by atoms with van der Waals surface area (Å²) in [4.78, 5) is 78.8. The summed E-state index contributed by atoms with van der Waals surface area (Å²) in [7, 11) is 0. The predicted molar refractivity (Wildman–Crippen MR) is 148 cm³/mol. The zero-order valence-electron chi connectivity index (χ0n) is 24.0. The third kappa shape index (κ3) is 5.89. The lowest BCUT2D eigenvalue weighted by Gasteiger charge is -2.43. The second-order valence-corrected chi connectivity index (χ2v) is 12.1. The number of furan rings is 1. The van der Waals surface area contributed by atoms with Crippen LogP contribution in [-0.2, 0) is 35.4 Å². The van der Waals surface area contributed by atoms with Gasteiger partial charge in [-0.1, -0.05) is 24.5 Å². The molecule has 6 unspecified atom stereocenters. The summed E-state index contributed by atoms with van der Waals surface area (Å²) in [6.45, 7) is 0.0601. The molecule has 5 rings (SSSR count). The molecule has 3 heterocycles. The molecule has 3 N–H and O–H groups in total. The van der Waals surface area contributed by atoms with E-state index in [1.54, 1.807) is 12.1 Å². The maximum atomic E-state index is 13.8. The fraction of sp³-hybridized carbons (Fsp3) is 0.613. The molecule has 0 aromatic carbocycles. The molecule has 3 fully saturated rings. The van der Waals surface area contributed by atoms with E-state index in [0.717, 1.165) is 5.57 Å². The first-order valence-electron chi connectivity index (χ1n) is 15.2. The molecule has 1 aromatic heterocycles. The van der Waals surface area contributed by atoms with E-state index in [2.05, 4.69) is 0 Å². The zero-order valence-corrected chi connectivity index (χ0v) is 24.0. The number of carbonyl (C=O) groups is 6. The molecule has 2 aliphatic carbocycles. The molecule has 2 aliphatic heterocycles. The van der Waals surface area contributed by atoms with Crippen molar-refractivity contribution in [3.63, 3.8) is 0 Å². The summed E-state index contributed by atoms with van der Waals surface area (Å²) in [6.07, 6.45) is 5.59. The minimum atomic E-state index is -0.895. The number of fused-ring (bicyclic) bond motifs is 4. The number of carbonyl (C=O) groups excluding carboxylic acids is 4. The van der Waals surface area contributed by atoms with Gasteiger partial charge in [0.2, 0.25) is 23.6 Å². The van der Waals surface area contributed by atoms with E-state index in [1.807, 2.05) is 6.08 Å². The molecule has 1 saturated carbocycles. The number of carboxylic acid groups (broad SMARTS) is 2. The van der Waals surface area contributed by atoms with Gasteiger partial charge in [0.05, 0.1) is 29.6 Å². The molecule has 12 heteroatoms. The highest BCUT2D eigenvalue weighted by Crippen LogP contribution is 2.58. The fourth-order valence-electron chi connectivity index (χ4n) is 7.57. The first-order valence-corrected chi connectivity index (χ1v) is 15.2. The molecule has 232 valence electrons. The van der Waals surface area contributed by atoms with Gasteiger partial charge in [-0.15, -0.1) is 0 Å². The summed E-state index contributed by atoms with van der Waals surface area (Å²) in [5.74, 6) is -5.91. The lowest BCUT2D eigenvalue weighted by molar-refractivity contribution is -0.142. The molecule has 6 atom stereocenters. The van der Waals surface area contributed by atoms with E-state index in [1.165, 1.54) is 9.80 Å². The average Bonchev–Trinajstić information content (AvgIpc) is 3.61. The van der Waals surface area contributed by atoms with Crippen molar-refractivity contribution >= 4 is 35.6 Å². The normalized spacial score (nSPS) is 28.2. The monoisotopic (exact) mass is 598 g/mol. The summed E-state index contributed by atoms with van der Waals surface area (Å²) in [6, 6.07) is 3.32. The quantitative estimate of drug-likeness (QED) is 0.163. The number of carboxylic acids is 2. The number of nitrogens with zero attached hydrogens (tertiary/aromatic N) is 2. The van der Waals surface area contributed by atoms with E-state index < -0.39 is 47.4 Å². The van der Waals surface area contributed by atoms with Crippen molar-refractivity contribution in [3.8, 4) is 0 Å². The smallest absolute Gasteiger partial charge is 0.303 e. The average molecular weight is 599 g/mol. The van der Waals surface area contributed by atoms with Crippen LogP contribution in [0.4, 0.5) is 0 Å². The number of aliphatic hydroxyl groups excluding tert-OH is 1. The number of aliphatic carboxylic acids is 2. The number of imide groups is 2. The van der Waals surface area contributed by atoms with Crippen molar-refractivity contribution in [2.75, 3.05) is 13.1 Å². The second-order valence-electron chi connectivity index (χ2n) is 12.1. The van der Waals surface area contributed by atoms with Crippen LogP contribution in [0.1, 0.15) is 81.6 Å². The van der Waals surface area contributed by atoms with Gasteiger partial charge in [-0.25, -0.2) is 0 Å². The number of aliphatic hydroxyl groups is 1. The highest BCUT2D eigenvalue weighted by Gasteiger charge is 2.62. The number of hydrogen-bond acceptors (Lipinski definition) is 8. The van der Waals surface area contributed by atoms with Gasteiger partial charge >= 0.3 is 11.9 Å². The Hall–Kier alpha value is -3.80. The van der Waals surface area contributed by atoms with Crippen molar-refractivity contribution in [2.45, 2.75) is 76.7 Å². The summed E-state index contributed by atoms with van der Waals surface area (Å²) in [5.41, 5.74) is 0.815. The van der Waals surface area contributed by atoms with Crippen LogP contribution >= 0.6 is 0 Å². The van der Waals surface area contributed by atoms with E-state index in [9.17, 15) is 33.9 Å². The number of rotatable bonds is 14. The Morgan fingerprint density at radius 2 is 1.33 bits per heavy atom. The van der Waals surface area contributed by atoms with Crippen molar-refractivity contribution in [2.24, 2.45) is 29.6 Å². The summed E-state index contributed by atoms with van der Waals surface area (Å²) >= 11 is 0. The third-order valence-electron chi connectivity index (χ3n) is 9.52. The first kappa shape index (κ1) is 30.7. The number of amides is 4. The van der Waals surface area contributed by atoms with Crippen LogP contribution in [0.2, 0.25) is 0 Å². The van der Waals surface area contributed by atoms with Gasteiger partial charge in [-0.3, -0.25) is 38.6 Å². The maximum absolute atomic E-state index is 13.8. The molecule has 12 nitrogen and oxygen atoms in total. The van der Waals surface area contributed by atoms with Crippen LogP contribution in [-0.4, -0.2) is 73.8 Å². The third-order valence-corrected chi connectivity index (χ3v) is 9.52. The van der Waals surface area contributed by atoms with Crippen LogP contribution in [0, 0.1) is 29.6 Å². The highest BCUT2D eigenvalue weighted by atomic mass is 16.4. The molecule has 2 saturated heterocycles. The minimum Gasteiger partial charge on any atom is -0.481 e. The summed E-state index contributed by atoms with van der Waals surface area (Å²) in [5, 5.41) is 27.4. The minimum absolute atomic E-state index is 0.0192. The van der Waals surface area contributed by atoms with Crippen LogP contribution < -0.4 is 0 Å². The Labute approximate surface area is 248 Å². The Balaban J connectivity index is 1.38. The van der Waals surface area contributed by atoms with Crippen molar-refractivity contribution in [1.29, 1.82) is 0 Å². The van der Waals surface area contributed by atoms with Gasteiger partial charge in [0.15, 0.2) is 0 Å². The standard InChI is InChI=1S/C31H38N2O10/c34-16-17-9-12-22(43-17)26-18-10-11-19-25(30(41)32(28(19)39)13-5-1-3-7-23(35)36)20(18)15-21-27(26)31(42)33(29(21)40)14-6-2-4-8-24(37)38/h9-10,12,19-21,25-27,34H,1-8,11,13-16H2,(H,35,36)(H,37,38). The number of allylic oxidation sites excluding steroid dienone is 2. The lowest BCUT2D eigenvalue weighted by Crippen LogP contribution is -2.43. The van der Waals surface area contributed by atoms with E-state index in [0.29, 0.717) is 56.5 Å². The van der Waals surface area contributed by atoms with Crippen molar-refractivity contribution in [1.82, 2.24) is 9.80 Å². The van der Waals surface area contributed by atoms with Gasteiger partial charge < -0.3 is 19.7 Å². The van der Waals surface area contributed by atoms with Gasteiger partial charge in [0.25, 0.3) is 0 Å². The molecule has 4 amide bonds. The van der Waals surface area contributed by atoms with Gasteiger partial charge in [-0.2, -0.15) is 0 Å². The SMILES string of the molecule is O=C(O)CCCCCN1C(=O)C2CC=C3C(CC4C(=O)N(CCCCCC(=O)O)C(=O)C4C3c3ccc(CO)o3)C2C1=O. The Bertz CT molecular complexity index is 1330. The van der Waals surface area contributed by atoms with E-state index in [-0.39, 0.29) is 62.6 Å². The molecular formula is C31H38N2O10. The predicted octanol–water partition coefficient (Wildman–Crippen LogP) is 2.70. The Morgan fingerprint density at radius 1 is 0.744 bits per heavy atom. The maximum Gasteiger partial charge on any atom is 0.303 e. The van der Waals surface area contributed by atoms with Crippen LogP contribution in [0.25, 0.3) is 0 Å². The van der Waals surface area contributed by atoms with Gasteiger partial charge in [0.1, 0.15) is 18.1 Å².